The van der Waals surface area contributed by atoms with E-state index in [1.807, 2.05) is 48.6 Å². The number of aliphatic hydroxyl groups is 1. The molecular weight excluding hydrogens is 228 g/mol. The average molecular weight is 244 g/mol. The summed E-state index contributed by atoms with van der Waals surface area (Å²) in [5.74, 6) is 0. The molecule has 2 heteroatoms. The van der Waals surface area contributed by atoms with Crippen molar-refractivity contribution in [2.75, 3.05) is 0 Å². The molecule has 1 aliphatic heterocycles. The second kappa shape index (κ2) is 5.39. The highest BCUT2D eigenvalue weighted by Gasteiger charge is 2.51. The summed E-state index contributed by atoms with van der Waals surface area (Å²) in [6.07, 6.45) is 10.6. The Morgan fingerprint density at radius 1 is 1.29 bits per heavy atom. The van der Waals surface area contributed by atoms with Gasteiger partial charge in [-0.2, -0.15) is 0 Å². The minimum atomic E-state index is -0.505. The van der Waals surface area contributed by atoms with Crippen LogP contribution in [0.4, 0.5) is 0 Å². The standard InChI is InChI=1S/C9H10.C6H6OS/c1-2-6-9-7-4-3-5-8-9;7-6-4-2-1-3-5(6)8-6/h2-5,7-8H,1,6H2;1-5,7H. The summed E-state index contributed by atoms with van der Waals surface area (Å²) in [5, 5.41) is 9.63. The second-order valence-corrected chi connectivity index (χ2v) is 5.41. The summed E-state index contributed by atoms with van der Waals surface area (Å²) in [6, 6.07) is 10.3. The van der Waals surface area contributed by atoms with E-state index in [1.54, 1.807) is 11.8 Å². The SMILES string of the molecule is C=CCc1ccccc1.OC12C=CC=CC1S2. The number of benzene rings is 1. The van der Waals surface area contributed by atoms with Crippen molar-refractivity contribution in [1.29, 1.82) is 0 Å². The molecule has 3 rings (SSSR count). The van der Waals surface area contributed by atoms with Crippen LogP contribution in [0, 0.1) is 0 Å². The molecule has 0 saturated carbocycles. The third-order valence-corrected chi connectivity index (χ3v) is 3.91. The van der Waals surface area contributed by atoms with Crippen molar-refractivity contribution in [2.24, 2.45) is 0 Å². The fraction of sp³-hybridized carbons (Fsp3) is 0.200. The van der Waals surface area contributed by atoms with E-state index in [0.717, 1.165) is 6.42 Å². The van der Waals surface area contributed by atoms with Gasteiger partial charge in [0.15, 0.2) is 0 Å². The maximum Gasteiger partial charge on any atom is 0.145 e. The number of allylic oxidation sites excluding steroid dienone is 3. The summed E-state index contributed by atoms with van der Waals surface area (Å²) >= 11 is 1.58. The quantitative estimate of drug-likeness (QED) is 0.636. The van der Waals surface area contributed by atoms with E-state index in [1.165, 1.54) is 5.56 Å². The minimum Gasteiger partial charge on any atom is -0.374 e. The lowest BCUT2D eigenvalue weighted by Gasteiger charge is -1.98. The van der Waals surface area contributed by atoms with Crippen LogP contribution in [0.5, 0.6) is 0 Å². The number of rotatable bonds is 2. The molecule has 2 unspecified atom stereocenters. The van der Waals surface area contributed by atoms with Crippen LogP contribution < -0.4 is 0 Å². The summed E-state index contributed by atoms with van der Waals surface area (Å²) in [7, 11) is 0. The van der Waals surface area contributed by atoms with E-state index in [4.69, 9.17) is 0 Å². The molecule has 0 spiro atoms. The molecule has 1 aliphatic carbocycles. The van der Waals surface area contributed by atoms with Crippen LogP contribution >= 0.6 is 11.8 Å². The van der Waals surface area contributed by atoms with Gasteiger partial charge in [-0.15, -0.1) is 18.3 Å². The largest absolute Gasteiger partial charge is 0.374 e. The predicted molar refractivity (Wildman–Crippen MR) is 75.0 cm³/mol. The number of fused-ring (bicyclic) bond motifs is 1. The number of hydrogen-bond donors (Lipinski definition) is 1. The van der Waals surface area contributed by atoms with Gasteiger partial charge in [-0.3, -0.25) is 0 Å². The molecule has 2 aliphatic rings. The Labute approximate surface area is 107 Å². The Balaban J connectivity index is 0.000000127. The van der Waals surface area contributed by atoms with Gasteiger partial charge in [0.2, 0.25) is 0 Å². The van der Waals surface area contributed by atoms with Crippen molar-refractivity contribution in [3.8, 4) is 0 Å². The van der Waals surface area contributed by atoms with Crippen LogP contribution in [0.1, 0.15) is 5.56 Å². The van der Waals surface area contributed by atoms with Crippen molar-refractivity contribution in [2.45, 2.75) is 16.6 Å². The Hall–Kier alpha value is -1.25. The molecule has 2 atom stereocenters. The van der Waals surface area contributed by atoms with Crippen molar-refractivity contribution in [1.82, 2.24) is 0 Å². The molecule has 0 amide bonds. The summed E-state index contributed by atoms with van der Waals surface area (Å²) in [5.41, 5.74) is 1.33. The molecule has 0 bridgehead atoms. The number of hydrogen-bond acceptors (Lipinski definition) is 2. The first kappa shape index (κ1) is 12.2. The van der Waals surface area contributed by atoms with Crippen molar-refractivity contribution in [3.63, 3.8) is 0 Å². The van der Waals surface area contributed by atoms with Crippen LogP contribution in [0.25, 0.3) is 0 Å². The summed E-state index contributed by atoms with van der Waals surface area (Å²) in [6.45, 7) is 3.66. The molecular formula is C15H16OS. The average Bonchev–Trinajstić information content (AvgIpc) is 3.03. The van der Waals surface area contributed by atoms with Gasteiger partial charge in [0.25, 0.3) is 0 Å². The maximum absolute atomic E-state index is 9.27. The maximum atomic E-state index is 9.27. The topological polar surface area (TPSA) is 20.2 Å². The van der Waals surface area contributed by atoms with Crippen LogP contribution in [-0.4, -0.2) is 15.3 Å². The molecule has 1 aromatic rings. The first-order valence-corrected chi connectivity index (χ1v) is 6.53. The fourth-order valence-corrected chi connectivity index (χ4v) is 2.44. The van der Waals surface area contributed by atoms with Gasteiger partial charge in [-0.05, 0) is 18.1 Å². The smallest absolute Gasteiger partial charge is 0.145 e. The third-order valence-electron chi connectivity index (χ3n) is 2.62. The molecule has 1 N–H and O–H groups in total. The van der Waals surface area contributed by atoms with Gasteiger partial charge in [-0.1, -0.05) is 54.6 Å². The van der Waals surface area contributed by atoms with Crippen LogP contribution in [0.3, 0.4) is 0 Å². The van der Waals surface area contributed by atoms with E-state index in [0.29, 0.717) is 5.25 Å². The van der Waals surface area contributed by atoms with Crippen LogP contribution in [0.15, 0.2) is 67.3 Å². The monoisotopic (exact) mass is 244 g/mol. The zero-order valence-corrected chi connectivity index (χ0v) is 10.4. The lowest BCUT2D eigenvalue weighted by atomic mass is 10.1. The van der Waals surface area contributed by atoms with Gasteiger partial charge in [-0.25, -0.2) is 0 Å². The second-order valence-electron chi connectivity index (χ2n) is 4.01. The van der Waals surface area contributed by atoms with E-state index >= 15 is 0 Å². The molecule has 1 fully saturated rings. The minimum absolute atomic E-state index is 0.354. The fourth-order valence-electron chi connectivity index (χ4n) is 1.62. The van der Waals surface area contributed by atoms with E-state index < -0.39 is 4.93 Å². The van der Waals surface area contributed by atoms with Gasteiger partial charge in [0.1, 0.15) is 4.93 Å². The molecule has 1 nitrogen and oxygen atoms in total. The first-order valence-electron chi connectivity index (χ1n) is 5.65. The Kier molecular flexibility index (Phi) is 3.87. The highest BCUT2D eigenvalue weighted by atomic mass is 32.2. The normalized spacial score (nSPS) is 27.7. The molecule has 17 heavy (non-hydrogen) atoms. The van der Waals surface area contributed by atoms with Gasteiger partial charge in [0, 0.05) is 0 Å². The van der Waals surface area contributed by atoms with Crippen LogP contribution in [-0.2, 0) is 6.42 Å². The Morgan fingerprint density at radius 2 is 2.06 bits per heavy atom. The lowest BCUT2D eigenvalue weighted by Crippen LogP contribution is -2.08. The lowest BCUT2D eigenvalue weighted by molar-refractivity contribution is 0.228. The predicted octanol–water partition coefficient (Wildman–Crippen LogP) is 3.33. The van der Waals surface area contributed by atoms with E-state index in [2.05, 4.69) is 18.7 Å². The van der Waals surface area contributed by atoms with Gasteiger partial charge < -0.3 is 5.11 Å². The van der Waals surface area contributed by atoms with E-state index in [9.17, 15) is 5.11 Å². The zero-order chi connectivity index (χ0) is 12.1. The van der Waals surface area contributed by atoms with E-state index in [-0.39, 0.29) is 0 Å². The molecule has 0 aromatic heterocycles. The highest BCUT2D eigenvalue weighted by molar-refractivity contribution is 8.08. The molecule has 0 radical (unpaired) electrons. The zero-order valence-electron chi connectivity index (χ0n) is 9.62. The van der Waals surface area contributed by atoms with Gasteiger partial charge in [0.05, 0.1) is 5.25 Å². The summed E-state index contributed by atoms with van der Waals surface area (Å²) < 4.78 is 0. The Bertz CT molecular complexity index is 435. The van der Waals surface area contributed by atoms with Crippen molar-refractivity contribution < 1.29 is 5.11 Å². The molecule has 1 saturated heterocycles. The van der Waals surface area contributed by atoms with Crippen molar-refractivity contribution >= 4 is 11.8 Å². The highest BCUT2D eigenvalue weighted by Crippen LogP contribution is 2.54. The summed E-state index contributed by atoms with van der Waals surface area (Å²) in [4.78, 5) is -0.505. The molecule has 1 aromatic carbocycles. The van der Waals surface area contributed by atoms with Crippen LogP contribution in [0.2, 0.25) is 0 Å². The van der Waals surface area contributed by atoms with Crippen molar-refractivity contribution in [3.05, 3.63) is 72.9 Å². The Morgan fingerprint density at radius 3 is 2.59 bits per heavy atom. The number of thioether (sulfide) groups is 1. The van der Waals surface area contributed by atoms with Gasteiger partial charge >= 0.3 is 0 Å². The molecule has 1 heterocycles. The third kappa shape index (κ3) is 3.35. The molecule has 88 valence electrons. The first-order chi connectivity index (χ1) is 8.24.